The molecule has 0 aliphatic carbocycles. The van der Waals surface area contributed by atoms with Crippen LogP contribution < -0.4 is 5.32 Å². The Morgan fingerprint density at radius 3 is 2.79 bits per heavy atom. The van der Waals surface area contributed by atoms with E-state index in [1.54, 1.807) is 7.11 Å². The van der Waals surface area contributed by atoms with Gasteiger partial charge in [-0.1, -0.05) is 18.2 Å². The van der Waals surface area contributed by atoms with E-state index in [1.807, 2.05) is 31.2 Å². The lowest BCUT2D eigenvalue weighted by Crippen LogP contribution is -2.24. The van der Waals surface area contributed by atoms with E-state index in [0.717, 1.165) is 5.69 Å². The van der Waals surface area contributed by atoms with Gasteiger partial charge in [-0.2, -0.15) is 0 Å². The first-order chi connectivity index (χ1) is 6.74. The summed E-state index contributed by atoms with van der Waals surface area (Å²) in [6.45, 7) is 2.91. The van der Waals surface area contributed by atoms with Crippen molar-refractivity contribution in [3.63, 3.8) is 0 Å². The molecule has 1 aromatic carbocycles. The number of anilines is 1. The molecule has 0 amide bonds. The first kappa shape index (κ1) is 11.0. The van der Waals surface area contributed by atoms with E-state index in [4.69, 9.17) is 4.74 Å². The molecule has 1 aromatic rings. The topological polar surface area (TPSA) is 41.5 Å². The van der Waals surface area contributed by atoms with Crippen LogP contribution in [0.1, 0.15) is 5.56 Å². The van der Waals surface area contributed by atoms with Gasteiger partial charge in [-0.05, 0) is 18.6 Å². The highest BCUT2D eigenvalue weighted by atomic mass is 16.5. The number of ether oxygens (including phenoxy) is 1. The molecule has 1 atom stereocenters. The zero-order valence-electron chi connectivity index (χ0n) is 8.66. The average molecular weight is 195 g/mol. The summed E-state index contributed by atoms with van der Waals surface area (Å²) >= 11 is 0. The van der Waals surface area contributed by atoms with E-state index < -0.39 is 6.10 Å². The molecule has 78 valence electrons. The molecule has 14 heavy (non-hydrogen) atoms. The summed E-state index contributed by atoms with van der Waals surface area (Å²) in [7, 11) is 1.58. The Kier molecular flexibility index (Phi) is 4.43. The number of methoxy groups -OCH3 is 1. The summed E-state index contributed by atoms with van der Waals surface area (Å²) < 4.78 is 4.83. The number of para-hydroxylation sites is 1. The zero-order valence-corrected chi connectivity index (χ0v) is 8.66. The third-order valence-electron chi connectivity index (χ3n) is 2.03. The van der Waals surface area contributed by atoms with Gasteiger partial charge in [0.15, 0.2) is 0 Å². The molecule has 2 N–H and O–H groups in total. The standard InChI is InChI=1S/C11H17NO2/c1-9-5-3-4-6-11(9)12-7-10(13)8-14-2/h3-6,10,12-13H,7-8H2,1-2H3. The monoisotopic (exact) mass is 195 g/mol. The van der Waals surface area contributed by atoms with Crippen LogP contribution in [0.2, 0.25) is 0 Å². The molecule has 0 saturated carbocycles. The van der Waals surface area contributed by atoms with Crippen molar-refractivity contribution in [2.24, 2.45) is 0 Å². The lowest BCUT2D eigenvalue weighted by atomic mass is 10.2. The molecule has 0 aliphatic heterocycles. The van der Waals surface area contributed by atoms with Gasteiger partial charge in [0, 0.05) is 19.3 Å². The minimum absolute atomic E-state index is 0.360. The van der Waals surface area contributed by atoms with Crippen LogP contribution in [0.4, 0.5) is 5.69 Å². The van der Waals surface area contributed by atoms with Gasteiger partial charge in [0.25, 0.3) is 0 Å². The third kappa shape index (κ3) is 3.36. The van der Waals surface area contributed by atoms with Crippen molar-refractivity contribution in [3.05, 3.63) is 29.8 Å². The number of benzene rings is 1. The van der Waals surface area contributed by atoms with Crippen LogP contribution in [0.25, 0.3) is 0 Å². The van der Waals surface area contributed by atoms with Crippen LogP contribution in [-0.2, 0) is 4.74 Å². The summed E-state index contributed by atoms with van der Waals surface area (Å²) in [5, 5.41) is 12.6. The summed E-state index contributed by atoms with van der Waals surface area (Å²) in [6, 6.07) is 7.99. The highest BCUT2D eigenvalue weighted by molar-refractivity contribution is 5.50. The van der Waals surface area contributed by atoms with Crippen LogP contribution in [0, 0.1) is 6.92 Å². The molecule has 0 aliphatic rings. The number of hydrogen-bond donors (Lipinski definition) is 2. The lowest BCUT2D eigenvalue weighted by Gasteiger charge is -2.13. The van der Waals surface area contributed by atoms with Gasteiger partial charge in [0.05, 0.1) is 12.7 Å². The van der Waals surface area contributed by atoms with Crippen LogP contribution in [0.15, 0.2) is 24.3 Å². The Hall–Kier alpha value is -1.06. The van der Waals surface area contributed by atoms with Gasteiger partial charge in [-0.3, -0.25) is 0 Å². The number of aliphatic hydroxyl groups excluding tert-OH is 1. The Labute approximate surface area is 84.7 Å². The maximum atomic E-state index is 9.41. The second-order valence-corrected chi connectivity index (χ2v) is 3.30. The molecule has 0 bridgehead atoms. The number of nitrogens with one attached hydrogen (secondary N) is 1. The lowest BCUT2D eigenvalue weighted by molar-refractivity contribution is 0.0727. The molecule has 1 unspecified atom stereocenters. The van der Waals surface area contributed by atoms with Gasteiger partial charge >= 0.3 is 0 Å². The first-order valence-electron chi connectivity index (χ1n) is 4.70. The normalized spacial score (nSPS) is 12.5. The number of hydrogen-bond acceptors (Lipinski definition) is 3. The molecule has 3 nitrogen and oxygen atoms in total. The Balaban J connectivity index is 2.41. The minimum atomic E-state index is -0.459. The van der Waals surface area contributed by atoms with E-state index >= 15 is 0 Å². The van der Waals surface area contributed by atoms with Gasteiger partial charge < -0.3 is 15.2 Å². The number of rotatable bonds is 5. The number of aryl methyl sites for hydroxylation is 1. The van der Waals surface area contributed by atoms with Crippen LogP contribution in [-0.4, -0.2) is 31.5 Å². The van der Waals surface area contributed by atoms with Crippen LogP contribution in [0.3, 0.4) is 0 Å². The molecule has 0 aromatic heterocycles. The van der Waals surface area contributed by atoms with Crippen molar-refractivity contribution in [1.82, 2.24) is 0 Å². The molecule has 0 saturated heterocycles. The minimum Gasteiger partial charge on any atom is -0.389 e. The van der Waals surface area contributed by atoms with Gasteiger partial charge in [0.1, 0.15) is 0 Å². The van der Waals surface area contributed by atoms with Gasteiger partial charge in [-0.15, -0.1) is 0 Å². The Bertz CT molecular complexity index is 276. The largest absolute Gasteiger partial charge is 0.389 e. The molecule has 0 heterocycles. The SMILES string of the molecule is COCC(O)CNc1ccccc1C. The summed E-state index contributed by atoms with van der Waals surface area (Å²) in [6.07, 6.45) is -0.459. The van der Waals surface area contributed by atoms with E-state index in [2.05, 4.69) is 5.32 Å². The van der Waals surface area contributed by atoms with E-state index in [0.29, 0.717) is 13.2 Å². The highest BCUT2D eigenvalue weighted by Gasteiger charge is 2.03. The maximum Gasteiger partial charge on any atom is 0.0945 e. The van der Waals surface area contributed by atoms with Crippen molar-refractivity contribution >= 4 is 5.69 Å². The second-order valence-electron chi connectivity index (χ2n) is 3.30. The molecular formula is C11H17NO2. The molecule has 1 rings (SSSR count). The Morgan fingerprint density at radius 2 is 2.14 bits per heavy atom. The van der Waals surface area contributed by atoms with E-state index in [-0.39, 0.29) is 0 Å². The summed E-state index contributed by atoms with van der Waals surface area (Å²) in [5.74, 6) is 0. The predicted molar refractivity (Wildman–Crippen MR) is 57.6 cm³/mol. The average Bonchev–Trinajstić information content (AvgIpc) is 2.17. The second kappa shape index (κ2) is 5.62. The molecule has 3 heteroatoms. The molecule has 0 radical (unpaired) electrons. The van der Waals surface area contributed by atoms with Crippen molar-refractivity contribution < 1.29 is 9.84 Å². The first-order valence-corrected chi connectivity index (χ1v) is 4.70. The zero-order chi connectivity index (χ0) is 10.4. The van der Waals surface area contributed by atoms with E-state index in [9.17, 15) is 5.11 Å². The smallest absolute Gasteiger partial charge is 0.0945 e. The fourth-order valence-electron chi connectivity index (χ4n) is 1.25. The predicted octanol–water partition coefficient (Wildman–Crippen LogP) is 1.41. The van der Waals surface area contributed by atoms with E-state index in [1.165, 1.54) is 5.56 Å². The fraction of sp³-hybridized carbons (Fsp3) is 0.455. The molecule has 0 spiro atoms. The van der Waals surface area contributed by atoms with Crippen LogP contribution in [0.5, 0.6) is 0 Å². The summed E-state index contributed by atoms with van der Waals surface area (Å²) in [4.78, 5) is 0. The van der Waals surface area contributed by atoms with Crippen molar-refractivity contribution in [2.75, 3.05) is 25.6 Å². The molecular weight excluding hydrogens is 178 g/mol. The third-order valence-corrected chi connectivity index (χ3v) is 2.03. The fourth-order valence-corrected chi connectivity index (χ4v) is 1.25. The van der Waals surface area contributed by atoms with Gasteiger partial charge in [-0.25, -0.2) is 0 Å². The number of aliphatic hydroxyl groups is 1. The van der Waals surface area contributed by atoms with Crippen molar-refractivity contribution in [2.45, 2.75) is 13.0 Å². The van der Waals surface area contributed by atoms with Crippen LogP contribution >= 0.6 is 0 Å². The molecule has 0 fully saturated rings. The quantitative estimate of drug-likeness (QED) is 0.746. The van der Waals surface area contributed by atoms with Crippen molar-refractivity contribution in [1.29, 1.82) is 0 Å². The summed E-state index contributed by atoms with van der Waals surface area (Å²) in [5.41, 5.74) is 2.24. The van der Waals surface area contributed by atoms with Crippen molar-refractivity contribution in [3.8, 4) is 0 Å². The van der Waals surface area contributed by atoms with Gasteiger partial charge in [0.2, 0.25) is 0 Å². The maximum absolute atomic E-state index is 9.41. The Morgan fingerprint density at radius 1 is 1.43 bits per heavy atom. The highest BCUT2D eigenvalue weighted by Crippen LogP contribution is 2.12.